The normalized spacial score (nSPS) is 14.7. The Morgan fingerprint density at radius 1 is 0.800 bits per heavy atom. The number of hydrogen-bond donors (Lipinski definition) is 1. The Morgan fingerprint density at radius 2 is 1.27 bits per heavy atom. The van der Waals surface area contributed by atoms with Crippen molar-refractivity contribution in [3.8, 4) is 0 Å². The van der Waals surface area contributed by atoms with E-state index in [0.717, 1.165) is 12.8 Å². The van der Waals surface area contributed by atoms with Crippen LogP contribution in [0.1, 0.15) is 111 Å². The molecule has 0 bridgehead atoms. The van der Waals surface area contributed by atoms with E-state index in [1.54, 1.807) is 30.3 Å². The molecule has 0 radical (unpaired) electrons. The number of amides is 2. The zero-order valence-electron chi connectivity index (χ0n) is 18.7. The van der Waals surface area contributed by atoms with E-state index >= 15 is 0 Å². The van der Waals surface area contributed by atoms with Crippen molar-refractivity contribution in [2.45, 2.75) is 96.4 Å². The van der Waals surface area contributed by atoms with Gasteiger partial charge in [-0.2, -0.15) is 0 Å². The van der Waals surface area contributed by atoms with Crippen molar-refractivity contribution >= 4 is 11.8 Å². The van der Waals surface area contributed by atoms with Gasteiger partial charge >= 0.3 is 0 Å². The number of fused-ring (bicyclic) bond motifs is 1. The summed E-state index contributed by atoms with van der Waals surface area (Å²) in [5.41, 5.74) is 0.852. The first-order chi connectivity index (χ1) is 14.7. The summed E-state index contributed by atoms with van der Waals surface area (Å²) in [6.07, 6.45) is 20.6. The standard InChI is InChI=1S/C26H39NO3/c1-2-3-4-5-6-7-8-9-10-11-12-13-14-15-18-22(21-28)27-25(29)23-19-16-17-20-24(23)26(27)30/h15-20,22,28H,2-14,21H2,1H3/b18-15+/t22-/m1/s1. The molecule has 1 aromatic rings. The fraction of sp³-hybridized carbons (Fsp3) is 0.615. The van der Waals surface area contributed by atoms with Crippen LogP contribution in [0.4, 0.5) is 0 Å². The monoisotopic (exact) mass is 413 g/mol. The number of hydrogen-bond acceptors (Lipinski definition) is 3. The molecule has 1 N–H and O–H groups in total. The molecule has 2 rings (SSSR count). The number of imide groups is 1. The quantitative estimate of drug-likeness (QED) is 0.197. The summed E-state index contributed by atoms with van der Waals surface area (Å²) >= 11 is 0. The van der Waals surface area contributed by atoms with Crippen LogP contribution in [-0.2, 0) is 0 Å². The second-order valence-electron chi connectivity index (χ2n) is 8.38. The number of carbonyl (C=O) groups is 2. The third-order valence-electron chi connectivity index (χ3n) is 5.93. The van der Waals surface area contributed by atoms with Gasteiger partial charge in [-0.15, -0.1) is 0 Å². The Hall–Kier alpha value is -1.94. The molecule has 0 fully saturated rings. The van der Waals surface area contributed by atoms with Crippen molar-refractivity contribution in [1.29, 1.82) is 0 Å². The number of aliphatic hydroxyl groups is 1. The van der Waals surface area contributed by atoms with E-state index in [0.29, 0.717) is 11.1 Å². The van der Waals surface area contributed by atoms with Gasteiger partial charge in [0.15, 0.2) is 0 Å². The Bertz CT molecular complexity index is 648. The van der Waals surface area contributed by atoms with E-state index in [1.165, 1.54) is 75.5 Å². The smallest absolute Gasteiger partial charge is 0.262 e. The van der Waals surface area contributed by atoms with Gasteiger partial charge in [0.1, 0.15) is 0 Å². The highest BCUT2D eigenvalue weighted by Gasteiger charge is 2.38. The van der Waals surface area contributed by atoms with Gasteiger partial charge in [-0.3, -0.25) is 14.5 Å². The lowest BCUT2D eigenvalue weighted by atomic mass is 10.0. The summed E-state index contributed by atoms with van der Waals surface area (Å²) in [5, 5.41) is 9.71. The van der Waals surface area contributed by atoms with Gasteiger partial charge in [0.2, 0.25) is 0 Å². The lowest BCUT2D eigenvalue weighted by Gasteiger charge is -2.21. The average molecular weight is 414 g/mol. The molecule has 1 aliphatic rings. The van der Waals surface area contributed by atoms with Gasteiger partial charge in [-0.05, 0) is 25.0 Å². The highest BCUT2D eigenvalue weighted by atomic mass is 16.3. The summed E-state index contributed by atoms with van der Waals surface area (Å²) in [5.74, 6) is -0.630. The first-order valence-corrected chi connectivity index (χ1v) is 11.9. The number of carbonyl (C=O) groups excluding carboxylic acids is 2. The molecule has 0 spiro atoms. The topological polar surface area (TPSA) is 57.6 Å². The summed E-state index contributed by atoms with van der Waals surface area (Å²) in [6.45, 7) is 2.01. The molecule has 166 valence electrons. The highest BCUT2D eigenvalue weighted by molar-refractivity contribution is 6.21. The van der Waals surface area contributed by atoms with Gasteiger partial charge in [-0.25, -0.2) is 0 Å². The van der Waals surface area contributed by atoms with Crippen LogP contribution in [0.25, 0.3) is 0 Å². The predicted octanol–water partition coefficient (Wildman–Crippen LogP) is 6.29. The molecule has 1 atom stereocenters. The van der Waals surface area contributed by atoms with Crippen LogP contribution in [0.15, 0.2) is 36.4 Å². The number of allylic oxidation sites excluding steroid dienone is 1. The summed E-state index contributed by atoms with van der Waals surface area (Å²) in [7, 11) is 0. The third-order valence-corrected chi connectivity index (χ3v) is 5.93. The molecule has 0 saturated heterocycles. The van der Waals surface area contributed by atoms with E-state index in [-0.39, 0.29) is 18.4 Å². The lowest BCUT2D eigenvalue weighted by Crippen LogP contribution is -2.40. The molecule has 0 saturated carbocycles. The minimum absolute atomic E-state index is 0.250. The minimum Gasteiger partial charge on any atom is -0.394 e. The van der Waals surface area contributed by atoms with E-state index < -0.39 is 6.04 Å². The van der Waals surface area contributed by atoms with Gasteiger partial charge in [-0.1, -0.05) is 102 Å². The SMILES string of the molecule is CCCCCCCCCCCCCC/C=C/[C@H](CO)N1C(=O)c2ccccc2C1=O. The number of nitrogens with zero attached hydrogens (tertiary/aromatic N) is 1. The first kappa shape index (κ1) is 24.3. The molecule has 1 aromatic carbocycles. The van der Waals surface area contributed by atoms with Crippen molar-refractivity contribution in [2.24, 2.45) is 0 Å². The van der Waals surface area contributed by atoms with Crippen LogP contribution < -0.4 is 0 Å². The van der Waals surface area contributed by atoms with Crippen LogP contribution in [0.3, 0.4) is 0 Å². The molecule has 0 aromatic heterocycles. The van der Waals surface area contributed by atoms with Crippen molar-refractivity contribution in [2.75, 3.05) is 6.61 Å². The fourth-order valence-corrected chi connectivity index (χ4v) is 4.09. The third kappa shape index (κ3) is 7.39. The summed E-state index contributed by atoms with van der Waals surface area (Å²) < 4.78 is 0. The van der Waals surface area contributed by atoms with Crippen molar-refractivity contribution in [3.63, 3.8) is 0 Å². The highest BCUT2D eigenvalue weighted by Crippen LogP contribution is 2.25. The molecule has 4 nitrogen and oxygen atoms in total. The molecule has 30 heavy (non-hydrogen) atoms. The average Bonchev–Trinajstić information content (AvgIpc) is 3.02. The second kappa shape index (κ2) is 14.1. The largest absolute Gasteiger partial charge is 0.394 e. The molecule has 0 aliphatic carbocycles. The second-order valence-corrected chi connectivity index (χ2v) is 8.38. The van der Waals surface area contributed by atoms with Crippen molar-refractivity contribution in [1.82, 2.24) is 4.90 Å². The van der Waals surface area contributed by atoms with E-state index in [1.807, 2.05) is 6.08 Å². The maximum absolute atomic E-state index is 12.5. The Balaban J connectivity index is 1.57. The van der Waals surface area contributed by atoms with E-state index in [4.69, 9.17) is 0 Å². The number of rotatable bonds is 16. The number of unbranched alkanes of at least 4 members (excludes halogenated alkanes) is 12. The first-order valence-electron chi connectivity index (χ1n) is 11.9. The van der Waals surface area contributed by atoms with Crippen molar-refractivity contribution < 1.29 is 14.7 Å². The Kier molecular flexibility index (Phi) is 11.5. The van der Waals surface area contributed by atoms with Gasteiger partial charge in [0, 0.05) is 0 Å². The molecule has 1 heterocycles. The van der Waals surface area contributed by atoms with Gasteiger partial charge < -0.3 is 5.11 Å². The van der Waals surface area contributed by atoms with Crippen LogP contribution in [0, 0.1) is 0 Å². The minimum atomic E-state index is -0.588. The molecule has 1 aliphatic heterocycles. The molecule has 4 heteroatoms. The Morgan fingerprint density at radius 3 is 1.73 bits per heavy atom. The van der Waals surface area contributed by atoms with Crippen molar-refractivity contribution in [3.05, 3.63) is 47.5 Å². The molecule has 0 unspecified atom stereocenters. The summed E-state index contributed by atoms with van der Waals surface area (Å²) in [6, 6.07) is 6.26. The maximum atomic E-state index is 12.5. The van der Waals surface area contributed by atoms with E-state index in [9.17, 15) is 14.7 Å². The van der Waals surface area contributed by atoms with Crippen LogP contribution >= 0.6 is 0 Å². The lowest BCUT2D eigenvalue weighted by molar-refractivity contribution is 0.0564. The van der Waals surface area contributed by atoms with E-state index in [2.05, 4.69) is 6.92 Å². The van der Waals surface area contributed by atoms with Crippen LogP contribution in [-0.4, -0.2) is 34.5 Å². The molecule has 2 amide bonds. The molecular formula is C26H39NO3. The zero-order chi connectivity index (χ0) is 21.6. The fourth-order valence-electron chi connectivity index (χ4n) is 4.09. The number of benzene rings is 1. The zero-order valence-corrected chi connectivity index (χ0v) is 18.7. The summed E-state index contributed by atoms with van der Waals surface area (Å²) in [4.78, 5) is 26.2. The van der Waals surface area contributed by atoms with Gasteiger partial charge in [0.25, 0.3) is 11.8 Å². The number of aliphatic hydroxyl groups excluding tert-OH is 1. The van der Waals surface area contributed by atoms with Crippen LogP contribution in [0.5, 0.6) is 0 Å². The maximum Gasteiger partial charge on any atom is 0.262 e. The van der Waals surface area contributed by atoms with Crippen LogP contribution in [0.2, 0.25) is 0 Å². The van der Waals surface area contributed by atoms with Gasteiger partial charge in [0.05, 0.1) is 23.8 Å². The Labute approximate surface area is 182 Å². The molecular weight excluding hydrogens is 374 g/mol. The predicted molar refractivity (Wildman–Crippen MR) is 123 cm³/mol.